The summed E-state index contributed by atoms with van der Waals surface area (Å²) in [6, 6.07) is 192. The van der Waals surface area contributed by atoms with E-state index in [1.54, 1.807) is 0 Å². The van der Waals surface area contributed by atoms with Gasteiger partial charge >= 0.3 is 0 Å². The van der Waals surface area contributed by atoms with Crippen molar-refractivity contribution >= 4 is 111 Å². The van der Waals surface area contributed by atoms with Gasteiger partial charge in [0.2, 0.25) is 0 Å². The zero-order chi connectivity index (χ0) is 85.3. The minimum atomic E-state index is 1.07. The van der Waals surface area contributed by atoms with Crippen molar-refractivity contribution in [2.24, 2.45) is 0 Å². The van der Waals surface area contributed by atoms with E-state index in [1.165, 1.54) is 121 Å². The maximum absolute atomic E-state index is 2.41. The zero-order valence-corrected chi connectivity index (χ0v) is 70.6. The lowest BCUT2D eigenvalue weighted by atomic mass is 9.86. The van der Waals surface area contributed by atoms with Crippen LogP contribution in [-0.4, -0.2) is 0 Å². The molecule has 22 aromatic rings. The molecule has 0 atom stereocenters. The smallest absolute Gasteiger partial charge is 0.0540 e. The summed E-state index contributed by atoms with van der Waals surface area (Å²) in [5, 5.41) is 10.0. The molecule has 22 aromatic carbocycles. The molecule has 4 nitrogen and oxygen atoms in total. The number of para-hydroxylation sites is 4. The third-order valence-corrected chi connectivity index (χ3v) is 24.5. The van der Waals surface area contributed by atoms with E-state index in [0.717, 1.165) is 79.4 Å². The number of fused-ring (bicyclic) bond motifs is 4. The Morgan fingerprint density at radius 1 is 0.102 bits per heavy atom. The second-order valence-corrected chi connectivity index (χ2v) is 32.2. The lowest BCUT2D eigenvalue weighted by Crippen LogP contribution is -2.13. The van der Waals surface area contributed by atoms with Crippen LogP contribution in [0.1, 0.15) is 0 Å². The van der Waals surface area contributed by atoms with Crippen molar-refractivity contribution in [3.05, 3.63) is 534 Å². The van der Waals surface area contributed by atoms with Gasteiger partial charge in [-0.3, -0.25) is 0 Å². The van der Waals surface area contributed by atoms with Crippen LogP contribution in [0.3, 0.4) is 0 Å². The molecular formula is C124H88N4. The van der Waals surface area contributed by atoms with E-state index in [-0.39, 0.29) is 0 Å². The van der Waals surface area contributed by atoms with Gasteiger partial charge in [-0.2, -0.15) is 0 Å². The van der Waals surface area contributed by atoms with Gasteiger partial charge in [-0.05, 0) is 254 Å². The fraction of sp³-hybridized carbons (Fsp3) is 0. The average Bonchev–Trinajstić information content (AvgIpc) is 0.738. The summed E-state index contributed by atoms with van der Waals surface area (Å²) in [5.74, 6) is 0. The molecule has 0 fully saturated rings. The summed E-state index contributed by atoms with van der Waals surface area (Å²) < 4.78 is 0. The molecule has 0 N–H and O–H groups in total. The topological polar surface area (TPSA) is 13.0 Å². The van der Waals surface area contributed by atoms with Crippen LogP contribution in [0.2, 0.25) is 0 Å². The second-order valence-electron chi connectivity index (χ2n) is 32.2. The quantitative estimate of drug-likeness (QED) is 0.0705. The number of nitrogens with zero attached hydrogens (tertiary/aromatic N) is 4. The van der Waals surface area contributed by atoms with Crippen molar-refractivity contribution in [3.8, 4) is 89.0 Å². The maximum Gasteiger partial charge on any atom is 0.0540 e. The summed E-state index contributed by atoms with van der Waals surface area (Å²) in [6.07, 6.45) is 0. The molecule has 0 aliphatic heterocycles. The Balaban J connectivity index is 0.000000156. The number of hydrogen-bond donors (Lipinski definition) is 0. The first-order valence-corrected chi connectivity index (χ1v) is 43.9. The first kappa shape index (κ1) is 78.3. The Morgan fingerprint density at radius 3 is 0.562 bits per heavy atom. The third kappa shape index (κ3) is 15.7. The summed E-state index contributed by atoms with van der Waals surface area (Å²) in [4.78, 5) is 9.47. The predicted octanol–water partition coefficient (Wildman–Crippen LogP) is 35.2. The molecule has 0 saturated heterocycles. The van der Waals surface area contributed by atoms with Crippen LogP contribution >= 0.6 is 0 Å². The molecule has 22 rings (SSSR count). The summed E-state index contributed by atoms with van der Waals surface area (Å²) in [7, 11) is 0. The molecule has 0 unspecified atom stereocenters. The number of rotatable bonds is 20. The standard InChI is InChI=1S/2C62H44N2/c1-5-21-45(22-6-1)53-29-17-19-35-59(53)64(60-36-20-18-30-54(60)46-23-7-2-8-24-46)52-43-41-51(42-44-52)63(49-27-11-4-12-28-49)50-39-37-48(38-40-50)62-57-33-15-13-31-55(57)61(47-25-9-3-10-26-47)56-32-14-16-34-58(56)62;1-5-19-45(20-6-1)49-25-17-29-55(43-49)64(56-30-18-26-50(44-56)46-21-7-2-8-22-46)54-41-39-53(40-42-54)63(51-27-11-4-12-28-51)52-37-35-48(36-38-52)62-59-33-15-13-31-57(59)61(47-23-9-3-10-24-47)58-32-14-16-34-60(58)62/h2*1-44H. The number of hydrogen-bond acceptors (Lipinski definition) is 4. The van der Waals surface area contributed by atoms with Gasteiger partial charge in [0, 0.05) is 68.0 Å². The summed E-state index contributed by atoms with van der Waals surface area (Å²) in [5.41, 5.74) is 32.3. The van der Waals surface area contributed by atoms with Gasteiger partial charge in [-0.25, -0.2) is 0 Å². The van der Waals surface area contributed by atoms with E-state index in [9.17, 15) is 0 Å². The van der Waals surface area contributed by atoms with Crippen molar-refractivity contribution < 1.29 is 0 Å². The molecule has 0 aromatic heterocycles. The Labute approximate surface area is 748 Å². The zero-order valence-electron chi connectivity index (χ0n) is 70.6. The van der Waals surface area contributed by atoms with Gasteiger partial charge < -0.3 is 19.6 Å². The predicted molar refractivity (Wildman–Crippen MR) is 545 cm³/mol. The van der Waals surface area contributed by atoms with Crippen molar-refractivity contribution in [2.75, 3.05) is 19.6 Å². The van der Waals surface area contributed by atoms with Crippen LogP contribution in [0.5, 0.6) is 0 Å². The molecule has 4 heteroatoms. The highest BCUT2D eigenvalue weighted by atomic mass is 15.2. The summed E-state index contributed by atoms with van der Waals surface area (Å²) >= 11 is 0. The number of anilines is 12. The highest BCUT2D eigenvalue weighted by Gasteiger charge is 2.26. The highest BCUT2D eigenvalue weighted by molar-refractivity contribution is 6.23. The Bertz CT molecular complexity index is 7330. The van der Waals surface area contributed by atoms with Gasteiger partial charge in [0.25, 0.3) is 0 Å². The molecular weight excluding hydrogens is 1550 g/mol. The molecule has 604 valence electrons. The van der Waals surface area contributed by atoms with Gasteiger partial charge in [0.05, 0.1) is 11.4 Å². The molecule has 0 aliphatic carbocycles. The molecule has 0 amide bonds. The fourth-order valence-electron chi connectivity index (χ4n) is 18.6. The van der Waals surface area contributed by atoms with E-state index in [4.69, 9.17) is 0 Å². The molecule has 128 heavy (non-hydrogen) atoms. The lowest BCUT2D eigenvalue weighted by molar-refractivity contribution is 1.26. The van der Waals surface area contributed by atoms with Crippen LogP contribution in [0.4, 0.5) is 68.2 Å². The largest absolute Gasteiger partial charge is 0.311 e. The summed E-state index contributed by atoms with van der Waals surface area (Å²) in [6.45, 7) is 0. The van der Waals surface area contributed by atoms with E-state index in [2.05, 4.69) is 553 Å². The first-order chi connectivity index (χ1) is 63.6. The SMILES string of the molecule is c1ccc(-c2cccc(N(c3ccc(N(c4ccccc4)c4ccc(-c5c6ccccc6c(-c6ccccc6)c6ccccc56)cc4)cc3)c3cccc(-c4ccccc4)c3)c2)cc1.c1ccc(-c2ccccc2N(c2ccc(N(c3ccccc3)c3ccc(-c4c5ccccc5c(-c5ccccc5)c5ccccc45)cc3)cc2)c2ccccc2-c2ccccc2)cc1. The molecule has 0 saturated carbocycles. The van der Waals surface area contributed by atoms with Crippen molar-refractivity contribution in [1.82, 2.24) is 0 Å². The molecule has 0 radical (unpaired) electrons. The second kappa shape index (κ2) is 35.9. The molecule has 0 bridgehead atoms. The van der Waals surface area contributed by atoms with E-state index in [0.29, 0.717) is 0 Å². The van der Waals surface area contributed by atoms with Gasteiger partial charge in [0.15, 0.2) is 0 Å². The van der Waals surface area contributed by atoms with Gasteiger partial charge in [-0.15, -0.1) is 0 Å². The molecule has 0 heterocycles. The maximum atomic E-state index is 2.41. The fourth-order valence-corrected chi connectivity index (χ4v) is 18.6. The Hall–Kier alpha value is -16.9. The monoisotopic (exact) mass is 1630 g/mol. The minimum absolute atomic E-state index is 1.07. The van der Waals surface area contributed by atoms with Crippen LogP contribution < -0.4 is 19.6 Å². The average molecular weight is 1630 g/mol. The van der Waals surface area contributed by atoms with Crippen molar-refractivity contribution in [2.45, 2.75) is 0 Å². The highest BCUT2D eigenvalue weighted by Crippen LogP contribution is 2.51. The van der Waals surface area contributed by atoms with E-state index >= 15 is 0 Å². The van der Waals surface area contributed by atoms with Crippen LogP contribution in [-0.2, 0) is 0 Å². The van der Waals surface area contributed by atoms with Crippen LogP contribution in [0.15, 0.2) is 534 Å². The first-order valence-electron chi connectivity index (χ1n) is 43.9. The van der Waals surface area contributed by atoms with Gasteiger partial charge in [0.1, 0.15) is 0 Å². The van der Waals surface area contributed by atoms with Gasteiger partial charge in [-0.1, -0.05) is 400 Å². The molecule has 0 aliphatic rings. The normalized spacial score (nSPS) is 11.1. The van der Waals surface area contributed by atoms with Crippen LogP contribution in [0, 0.1) is 0 Å². The van der Waals surface area contributed by atoms with Crippen LogP contribution in [0.25, 0.3) is 132 Å². The number of benzene rings is 22. The lowest BCUT2D eigenvalue weighted by Gasteiger charge is -2.31. The van der Waals surface area contributed by atoms with E-state index in [1.807, 2.05) is 0 Å². The molecule has 0 spiro atoms. The third-order valence-electron chi connectivity index (χ3n) is 24.5. The van der Waals surface area contributed by atoms with E-state index < -0.39 is 0 Å². The Kier molecular flexibility index (Phi) is 22.0. The van der Waals surface area contributed by atoms with Crippen molar-refractivity contribution in [1.29, 1.82) is 0 Å². The van der Waals surface area contributed by atoms with Crippen molar-refractivity contribution in [3.63, 3.8) is 0 Å². The minimum Gasteiger partial charge on any atom is -0.311 e. The Morgan fingerprint density at radius 2 is 0.281 bits per heavy atom.